The van der Waals surface area contributed by atoms with Gasteiger partial charge in [-0.3, -0.25) is 9.36 Å². The number of aliphatic carboxylic acids is 1. The van der Waals surface area contributed by atoms with Crippen molar-refractivity contribution in [3.05, 3.63) is 35.9 Å². The predicted octanol–water partition coefficient (Wildman–Crippen LogP) is 0.581. The van der Waals surface area contributed by atoms with E-state index in [1.165, 1.54) is 0 Å². The monoisotopic (exact) mass is 330 g/mol. The molecule has 8 nitrogen and oxygen atoms in total. The van der Waals surface area contributed by atoms with Gasteiger partial charge in [0, 0.05) is 12.8 Å². The number of nitrogens with zero attached hydrogens (tertiary/aromatic N) is 1. The van der Waals surface area contributed by atoms with Crippen LogP contribution in [0.25, 0.3) is 0 Å². The summed E-state index contributed by atoms with van der Waals surface area (Å²) in [5, 5.41) is 12.4. The smallest absolute Gasteiger partial charge is 0.331 e. The van der Waals surface area contributed by atoms with E-state index in [0.717, 1.165) is 5.56 Å². The van der Waals surface area contributed by atoms with Crippen molar-refractivity contribution >= 4 is 19.3 Å². The summed E-state index contributed by atoms with van der Waals surface area (Å²) in [7, 11) is -4.37. The van der Waals surface area contributed by atoms with Crippen molar-refractivity contribution in [1.82, 2.24) is 0 Å². The Balaban J connectivity index is 2.57. The Morgan fingerprint density at radius 3 is 2.50 bits per heavy atom. The molecule has 0 heterocycles. The highest BCUT2D eigenvalue weighted by molar-refractivity contribution is 7.52. The van der Waals surface area contributed by atoms with E-state index in [1.54, 1.807) is 0 Å². The van der Waals surface area contributed by atoms with Crippen molar-refractivity contribution in [2.75, 3.05) is 12.8 Å². The summed E-state index contributed by atoms with van der Waals surface area (Å²) in [5.41, 5.74) is 6.29. The molecule has 9 heteroatoms. The zero-order valence-electron chi connectivity index (χ0n) is 11.8. The third-order valence-electron chi connectivity index (χ3n) is 2.68. The molecule has 22 heavy (non-hydrogen) atoms. The van der Waals surface area contributed by atoms with Crippen molar-refractivity contribution in [3.8, 4) is 0 Å². The van der Waals surface area contributed by atoms with E-state index in [4.69, 9.17) is 25.5 Å². The minimum Gasteiger partial charge on any atom is -0.480 e. The minimum absolute atomic E-state index is 0.0729. The molecule has 5 N–H and O–H groups in total. The second-order valence-corrected chi connectivity index (χ2v) is 6.34. The number of rotatable bonds is 9. The number of carboxylic acids is 1. The number of hydrogen-bond donors (Lipinski definition) is 4. The molecule has 0 radical (unpaired) electrons. The average Bonchev–Trinajstić information content (AvgIpc) is 2.42. The molecule has 0 aliphatic carbocycles. The molecule has 0 saturated carbocycles. The summed E-state index contributed by atoms with van der Waals surface area (Å²) in [6.07, 6.45) is -0.399. The van der Waals surface area contributed by atoms with Crippen LogP contribution in [0.4, 0.5) is 0 Å². The molecule has 0 aliphatic rings. The lowest BCUT2D eigenvalue weighted by atomic mass is 10.1. The van der Waals surface area contributed by atoms with Gasteiger partial charge in [0.05, 0.1) is 11.9 Å². The van der Waals surface area contributed by atoms with Gasteiger partial charge in [0.15, 0.2) is 0 Å². The molecule has 0 saturated heterocycles. The van der Waals surface area contributed by atoms with Gasteiger partial charge in [0.1, 0.15) is 12.6 Å². The Labute approximate surface area is 127 Å². The molecular weight excluding hydrogens is 311 g/mol. The summed E-state index contributed by atoms with van der Waals surface area (Å²) in [6.45, 7) is 0.205. The van der Waals surface area contributed by atoms with Crippen LogP contribution in [0.15, 0.2) is 35.5 Å². The zero-order valence-corrected chi connectivity index (χ0v) is 12.7. The molecule has 0 amide bonds. The van der Waals surface area contributed by atoms with Crippen LogP contribution >= 0.6 is 7.60 Å². The summed E-state index contributed by atoms with van der Waals surface area (Å²) >= 11 is 0. The topological polar surface area (TPSA) is 142 Å². The van der Waals surface area contributed by atoms with Crippen LogP contribution in [-0.4, -0.2) is 45.4 Å². The van der Waals surface area contributed by atoms with Crippen LogP contribution in [0.1, 0.15) is 12.0 Å². The Bertz CT molecular complexity index is 557. The molecule has 122 valence electrons. The Morgan fingerprint density at radius 2 is 1.95 bits per heavy atom. The average molecular weight is 330 g/mol. The molecule has 0 aromatic heterocycles. The SMILES string of the molecule is N[C@@H](CC(CP(=O)(O)O)=NOCCc1ccccc1)C(=O)O. The first-order chi connectivity index (χ1) is 10.3. The van der Waals surface area contributed by atoms with Crippen molar-refractivity contribution in [2.24, 2.45) is 10.9 Å². The molecule has 1 atom stereocenters. The van der Waals surface area contributed by atoms with Crippen LogP contribution in [0, 0.1) is 0 Å². The van der Waals surface area contributed by atoms with Gasteiger partial charge in [0.2, 0.25) is 0 Å². The molecular formula is C13H19N2O6P. The van der Waals surface area contributed by atoms with E-state index in [-0.39, 0.29) is 18.7 Å². The fraction of sp³-hybridized carbons (Fsp3) is 0.385. The fourth-order valence-corrected chi connectivity index (χ4v) is 2.32. The summed E-state index contributed by atoms with van der Waals surface area (Å²) in [6, 6.07) is 8.16. The van der Waals surface area contributed by atoms with E-state index in [0.29, 0.717) is 6.42 Å². The van der Waals surface area contributed by atoms with Gasteiger partial charge in [-0.15, -0.1) is 0 Å². The van der Waals surface area contributed by atoms with Crippen molar-refractivity contribution < 1.29 is 29.1 Å². The lowest BCUT2D eigenvalue weighted by Crippen LogP contribution is -2.33. The molecule has 1 rings (SSSR count). The van der Waals surface area contributed by atoms with Gasteiger partial charge in [-0.1, -0.05) is 35.5 Å². The van der Waals surface area contributed by atoms with Gasteiger partial charge < -0.3 is 25.5 Å². The number of oxime groups is 1. The van der Waals surface area contributed by atoms with Crippen LogP contribution < -0.4 is 5.73 Å². The maximum Gasteiger partial charge on any atom is 0.331 e. The maximum absolute atomic E-state index is 11.0. The fourth-order valence-electron chi connectivity index (χ4n) is 1.65. The third kappa shape index (κ3) is 7.90. The number of carboxylic acid groups (broad SMARTS) is 1. The summed E-state index contributed by atoms with van der Waals surface area (Å²) in [4.78, 5) is 33.6. The predicted molar refractivity (Wildman–Crippen MR) is 80.7 cm³/mol. The standard InChI is InChI=1S/C13H19N2O6P/c14-12(13(16)17)8-11(9-22(18,19)20)15-21-7-6-10-4-2-1-3-5-10/h1-5,12H,6-9,14H2,(H,16,17)(H2,18,19,20)/t12-/m0/s1. The van der Waals surface area contributed by atoms with Gasteiger partial charge in [-0.25, -0.2) is 0 Å². The molecule has 1 aromatic carbocycles. The lowest BCUT2D eigenvalue weighted by Gasteiger charge is -2.10. The van der Waals surface area contributed by atoms with Crippen molar-refractivity contribution in [2.45, 2.75) is 18.9 Å². The largest absolute Gasteiger partial charge is 0.480 e. The van der Waals surface area contributed by atoms with Gasteiger partial charge >= 0.3 is 13.6 Å². The lowest BCUT2D eigenvalue weighted by molar-refractivity contribution is -0.138. The van der Waals surface area contributed by atoms with Crippen LogP contribution in [-0.2, 0) is 20.6 Å². The second kappa shape index (κ2) is 8.65. The first kappa shape index (κ1) is 18.3. The van der Waals surface area contributed by atoms with Crippen LogP contribution in [0.3, 0.4) is 0 Å². The van der Waals surface area contributed by atoms with E-state index < -0.39 is 25.8 Å². The quantitative estimate of drug-likeness (QED) is 0.224. The highest BCUT2D eigenvalue weighted by Crippen LogP contribution is 2.34. The van der Waals surface area contributed by atoms with Crippen LogP contribution in [0.2, 0.25) is 0 Å². The van der Waals surface area contributed by atoms with E-state index in [9.17, 15) is 9.36 Å². The molecule has 0 bridgehead atoms. The van der Waals surface area contributed by atoms with Crippen molar-refractivity contribution in [1.29, 1.82) is 0 Å². The molecule has 0 unspecified atom stereocenters. The third-order valence-corrected chi connectivity index (χ3v) is 3.46. The van der Waals surface area contributed by atoms with Gasteiger partial charge in [-0.05, 0) is 5.56 Å². The van der Waals surface area contributed by atoms with Gasteiger partial charge in [0.25, 0.3) is 0 Å². The Kier molecular flexibility index (Phi) is 7.20. The highest BCUT2D eigenvalue weighted by Gasteiger charge is 2.22. The first-order valence-corrected chi connectivity index (χ1v) is 8.32. The second-order valence-electron chi connectivity index (χ2n) is 4.70. The summed E-state index contributed by atoms with van der Waals surface area (Å²) < 4.78 is 11.0. The number of carbonyl (C=O) groups is 1. The van der Waals surface area contributed by atoms with Crippen LogP contribution in [0.5, 0.6) is 0 Å². The van der Waals surface area contributed by atoms with E-state index in [2.05, 4.69) is 5.16 Å². The Hall–Kier alpha value is -1.73. The van der Waals surface area contributed by atoms with E-state index >= 15 is 0 Å². The molecule has 0 spiro atoms. The molecule has 0 aliphatic heterocycles. The maximum atomic E-state index is 11.0. The van der Waals surface area contributed by atoms with E-state index in [1.807, 2.05) is 30.3 Å². The highest BCUT2D eigenvalue weighted by atomic mass is 31.2. The van der Waals surface area contributed by atoms with Gasteiger partial charge in [-0.2, -0.15) is 0 Å². The zero-order chi connectivity index (χ0) is 16.6. The number of nitrogens with two attached hydrogens (primary N) is 1. The normalized spacial score (nSPS) is 13.7. The van der Waals surface area contributed by atoms with Crippen molar-refractivity contribution in [3.63, 3.8) is 0 Å². The first-order valence-electron chi connectivity index (χ1n) is 6.52. The number of benzene rings is 1. The molecule has 1 aromatic rings. The Morgan fingerprint density at radius 1 is 1.32 bits per heavy atom. The number of hydrogen-bond acceptors (Lipinski definition) is 5. The minimum atomic E-state index is -4.37. The molecule has 0 fully saturated rings. The summed E-state index contributed by atoms with van der Waals surface area (Å²) in [5.74, 6) is -1.28.